The van der Waals surface area contributed by atoms with Crippen LogP contribution < -0.4 is 5.32 Å². The van der Waals surface area contributed by atoms with Crippen LogP contribution >= 0.6 is 11.6 Å². The molecule has 0 amide bonds. The van der Waals surface area contributed by atoms with Gasteiger partial charge in [-0.25, -0.2) is 4.39 Å². The molecule has 2 saturated heterocycles. The Balaban J connectivity index is 1.84. The van der Waals surface area contributed by atoms with E-state index < -0.39 is 0 Å². The van der Waals surface area contributed by atoms with E-state index in [9.17, 15) is 4.39 Å². The molecule has 0 radical (unpaired) electrons. The van der Waals surface area contributed by atoms with E-state index in [1.807, 2.05) is 6.07 Å². The Hall–Kier alpha value is -0.600. The number of halogens is 2. The van der Waals surface area contributed by atoms with E-state index in [4.69, 9.17) is 11.6 Å². The maximum atomic E-state index is 13.4. The third kappa shape index (κ3) is 1.85. The van der Waals surface area contributed by atoms with Crippen LogP contribution in [0.1, 0.15) is 37.2 Å². The van der Waals surface area contributed by atoms with Crippen molar-refractivity contribution in [3.63, 3.8) is 0 Å². The average Bonchev–Trinajstić information content (AvgIpc) is 2.62. The number of piperidine rings is 1. The molecule has 2 aliphatic heterocycles. The Morgan fingerprint density at radius 2 is 1.88 bits per heavy atom. The molecule has 0 saturated carbocycles. The number of rotatable bonds is 1. The van der Waals surface area contributed by atoms with E-state index >= 15 is 0 Å². The monoisotopic (exact) mass is 239 g/mol. The summed E-state index contributed by atoms with van der Waals surface area (Å²) in [5.74, 6) is 0.218. The first-order valence-electron chi connectivity index (χ1n) is 5.93. The van der Waals surface area contributed by atoms with Crippen LogP contribution in [0, 0.1) is 5.82 Å². The molecule has 0 aliphatic carbocycles. The molecular formula is C13H15ClFN. The zero-order chi connectivity index (χ0) is 11.1. The van der Waals surface area contributed by atoms with Crippen LogP contribution in [0.2, 0.25) is 5.02 Å². The molecule has 0 spiro atoms. The third-order valence-electron chi connectivity index (χ3n) is 3.89. The fraction of sp³-hybridized carbons (Fsp3) is 0.538. The molecule has 3 heteroatoms. The van der Waals surface area contributed by atoms with Gasteiger partial charge in [-0.15, -0.1) is 0 Å². The minimum Gasteiger partial charge on any atom is -0.311 e. The van der Waals surface area contributed by atoms with Gasteiger partial charge in [0.25, 0.3) is 0 Å². The fourth-order valence-electron chi connectivity index (χ4n) is 3.10. The number of hydrogen-bond acceptors (Lipinski definition) is 1. The molecule has 1 nitrogen and oxygen atoms in total. The predicted molar refractivity (Wildman–Crippen MR) is 63.3 cm³/mol. The smallest absolute Gasteiger partial charge is 0.142 e. The third-order valence-corrected chi connectivity index (χ3v) is 4.19. The molecule has 1 N–H and O–H groups in total. The first-order chi connectivity index (χ1) is 7.72. The summed E-state index contributed by atoms with van der Waals surface area (Å²) >= 11 is 5.70. The molecule has 1 aromatic carbocycles. The van der Waals surface area contributed by atoms with E-state index in [0.717, 1.165) is 18.4 Å². The van der Waals surface area contributed by atoms with Gasteiger partial charge >= 0.3 is 0 Å². The van der Waals surface area contributed by atoms with E-state index in [0.29, 0.717) is 18.0 Å². The highest BCUT2D eigenvalue weighted by molar-refractivity contribution is 6.30. The quantitative estimate of drug-likeness (QED) is 0.791. The van der Waals surface area contributed by atoms with Gasteiger partial charge in [-0.05, 0) is 49.3 Å². The van der Waals surface area contributed by atoms with Crippen molar-refractivity contribution in [3.8, 4) is 0 Å². The summed E-state index contributed by atoms with van der Waals surface area (Å²) < 4.78 is 13.4. The second-order valence-corrected chi connectivity index (χ2v) is 5.39. The van der Waals surface area contributed by atoms with Gasteiger partial charge < -0.3 is 5.32 Å². The first kappa shape index (κ1) is 10.5. The lowest BCUT2D eigenvalue weighted by molar-refractivity contribution is 0.362. The fourth-order valence-corrected chi connectivity index (χ4v) is 3.21. The number of nitrogens with one attached hydrogen (secondary N) is 1. The molecule has 0 aromatic heterocycles. The second kappa shape index (κ2) is 4.01. The van der Waals surface area contributed by atoms with Crippen molar-refractivity contribution >= 4 is 11.6 Å². The lowest BCUT2D eigenvalue weighted by atomic mass is 9.86. The first-order valence-corrected chi connectivity index (χ1v) is 6.31. The van der Waals surface area contributed by atoms with E-state index in [1.54, 1.807) is 12.1 Å². The van der Waals surface area contributed by atoms with E-state index in [1.165, 1.54) is 12.8 Å². The summed E-state index contributed by atoms with van der Waals surface area (Å²) in [4.78, 5) is 0. The molecule has 1 aromatic rings. The topological polar surface area (TPSA) is 12.0 Å². The molecule has 16 heavy (non-hydrogen) atoms. The standard InChI is InChI=1S/C13H15ClFN/c14-12-4-1-8(7-13(12)15)9-5-10-2-3-11(6-9)16-10/h1,4,7,9-11,16H,2-3,5-6H2. The number of hydrogen-bond donors (Lipinski definition) is 1. The van der Waals surface area contributed by atoms with Gasteiger partial charge in [-0.3, -0.25) is 0 Å². The largest absolute Gasteiger partial charge is 0.311 e. The Morgan fingerprint density at radius 1 is 1.19 bits per heavy atom. The minimum atomic E-state index is -0.287. The summed E-state index contributed by atoms with van der Waals surface area (Å²) in [6.07, 6.45) is 4.82. The van der Waals surface area contributed by atoms with Crippen molar-refractivity contribution in [2.75, 3.05) is 0 Å². The number of fused-ring (bicyclic) bond motifs is 2. The zero-order valence-corrected chi connectivity index (χ0v) is 9.80. The van der Waals surface area contributed by atoms with Crippen molar-refractivity contribution in [2.45, 2.75) is 43.7 Å². The maximum Gasteiger partial charge on any atom is 0.142 e. The zero-order valence-electron chi connectivity index (χ0n) is 9.05. The highest BCUT2D eigenvalue weighted by Crippen LogP contribution is 2.37. The summed E-state index contributed by atoms with van der Waals surface area (Å²) in [7, 11) is 0. The van der Waals surface area contributed by atoms with Gasteiger partial charge in [0.2, 0.25) is 0 Å². The molecule has 2 atom stereocenters. The van der Waals surface area contributed by atoms with Gasteiger partial charge in [-0.1, -0.05) is 17.7 Å². The Kier molecular flexibility index (Phi) is 2.64. The summed E-state index contributed by atoms with van der Waals surface area (Å²) in [6.45, 7) is 0. The van der Waals surface area contributed by atoms with Crippen molar-refractivity contribution in [1.29, 1.82) is 0 Å². The highest BCUT2D eigenvalue weighted by Gasteiger charge is 2.34. The van der Waals surface area contributed by atoms with Crippen molar-refractivity contribution in [1.82, 2.24) is 5.32 Å². The molecule has 2 heterocycles. The van der Waals surface area contributed by atoms with Crippen LogP contribution in [0.15, 0.2) is 18.2 Å². The van der Waals surface area contributed by atoms with E-state index in [2.05, 4.69) is 5.32 Å². The molecule has 86 valence electrons. The average molecular weight is 240 g/mol. The van der Waals surface area contributed by atoms with Gasteiger partial charge in [0.05, 0.1) is 5.02 Å². The van der Waals surface area contributed by atoms with Crippen LogP contribution in [0.5, 0.6) is 0 Å². The van der Waals surface area contributed by atoms with Crippen LogP contribution in [0.4, 0.5) is 4.39 Å². The molecule has 2 fully saturated rings. The van der Waals surface area contributed by atoms with Gasteiger partial charge in [0.15, 0.2) is 0 Å². The summed E-state index contributed by atoms with van der Waals surface area (Å²) in [6, 6.07) is 6.54. The SMILES string of the molecule is Fc1cc(C2CC3CCC(C2)N3)ccc1Cl. The maximum absolute atomic E-state index is 13.4. The lowest BCUT2D eigenvalue weighted by Gasteiger charge is -2.29. The van der Waals surface area contributed by atoms with Crippen LogP contribution in [0.3, 0.4) is 0 Å². The van der Waals surface area contributed by atoms with Crippen molar-refractivity contribution < 1.29 is 4.39 Å². The second-order valence-electron chi connectivity index (χ2n) is 4.98. The van der Waals surface area contributed by atoms with Crippen molar-refractivity contribution in [2.24, 2.45) is 0 Å². The molecule has 3 rings (SSSR count). The Bertz CT molecular complexity index is 395. The minimum absolute atomic E-state index is 0.223. The van der Waals surface area contributed by atoms with Crippen molar-refractivity contribution in [3.05, 3.63) is 34.6 Å². The Labute approximate surface area is 100.0 Å². The predicted octanol–water partition coefficient (Wildman–Crippen LogP) is 3.48. The normalized spacial score (nSPS) is 33.0. The van der Waals surface area contributed by atoms with Gasteiger partial charge in [0.1, 0.15) is 5.82 Å². The van der Waals surface area contributed by atoms with Crippen LogP contribution in [0.25, 0.3) is 0 Å². The van der Waals surface area contributed by atoms with E-state index in [-0.39, 0.29) is 10.8 Å². The molecule has 2 bridgehead atoms. The Morgan fingerprint density at radius 3 is 2.50 bits per heavy atom. The van der Waals surface area contributed by atoms with Crippen LogP contribution in [-0.4, -0.2) is 12.1 Å². The summed E-state index contributed by atoms with van der Waals surface area (Å²) in [5.41, 5.74) is 1.11. The lowest BCUT2D eigenvalue weighted by Crippen LogP contribution is -2.37. The highest BCUT2D eigenvalue weighted by atomic mass is 35.5. The van der Waals surface area contributed by atoms with Gasteiger partial charge in [0, 0.05) is 12.1 Å². The van der Waals surface area contributed by atoms with Gasteiger partial charge in [-0.2, -0.15) is 0 Å². The molecule has 2 unspecified atom stereocenters. The summed E-state index contributed by atoms with van der Waals surface area (Å²) in [5, 5.41) is 3.82. The molecular weight excluding hydrogens is 225 g/mol. The number of benzene rings is 1. The van der Waals surface area contributed by atoms with Crippen LogP contribution in [-0.2, 0) is 0 Å². The molecule has 2 aliphatic rings.